The molecular weight excluding hydrogens is 188 g/mol. The van der Waals surface area contributed by atoms with E-state index in [-0.39, 0.29) is 0 Å². The number of nitrogen functional groups attached to an aromatic ring is 1. The molecule has 0 fully saturated rings. The van der Waals surface area contributed by atoms with Crippen LogP contribution < -0.4 is 11.1 Å². The van der Waals surface area contributed by atoms with Gasteiger partial charge in [0.25, 0.3) is 0 Å². The minimum absolute atomic E-state index is 0.409. The van der Waals surface area contributed by atoms with Crippen molar-refractivity contribution in [2.45, 2.75) is 12.5 Å². The van der Waals surface area contributed by atoms with Gasteiger partial charge in [0.2, 0.25) is 0 Å². The van der Waals surface area contributed by atoms with Gasteiger partial charge in [0, 0.05) is 30.7 Å². The average Bonchev–Trinajstić information content (AvgIpc) is 2.19. The van der Waals surface area contributed by atoms with Crippen molar-refractivity contribution in [1.29, 1.82) is 0 Å². The molecule has 0 aliphatic carbocycles. The van der Waals surface area contributed by atoms with Crippen molar-refractivity contribution in [3.63, 3.8) is 0 Å². The summed E-state index contributed by atoms with van der Waals surface area (Å²) in [6, 6.07) is 2.25. The van der Waals surface area contributed by atoms with E-state index in [1.165, 1.54) is 0 Å². The highest BCUT2D eigenvalue weighted by atomic mass is 15.1. The number of nitrogens with two attached hydrogens (primary N) is 1. The Balaban J connectivity index is 2.62. The second-order valence-electron chi connectivity index (χ2n) is 4.03. The van der Waals surface area contributed by atoms with Gasteiger partial charge < -0.3 is 16.0 Å². The summed E-state index contributed by atoms with van der Waals surface area (Å²) >= 11 is 0. The Bertz CT molecular complexity index is 298. The fraction of sp³-hybridized carbons (Fsp3) is 0.545. The Morgan fingerprint density at radius 3 is 2.80 bits per heavy atom. The molecule has 1 heterocycles. The summed E-state index contributed by atoms with van der Waals surface area (Å²) in [6.07, 6.45) is 4.48. The molecule has 0 saturated carbocycles. The third kappa shape index (κ3) is 3.85. The van der Waals surface area contributed by atoms with Crippen LogP contribution >= 0.6 is 0 Å². The molecule has 0 amide bonds. The number of hydrogen-bond acceptors (Lipinski definition) is 4. The van der Waals surface area contributed by atoms with Crippen molar-refractivity contribution in [3.8, 4) is 0 Å². The fourth-order valence-electron chi connectivity index (χ4n) is 1.57. The van der Waals surface area contributed by atoms with Crippen LogP contribution in [0.3, 0.4) is 0 Å². The molecule has 1 aromatic heterocycles. The van der Waals surface area contributed by atoms with Crippen LogP contribution in [-0.4, -0.2) is 43.6 Å². The number of hydrogen-bond donors (Lipinski definition) is 2. The van der Waals surface area contributed by atoms with E-state index in [2.05, 4.69) is 29.3 Å². The average molecular weight is 208 g/mol. The highest BCUT2D eigenvalue weighted by molar-refractivity contribution is 5.44. The van der Waals surface area contributed by atoms with Crippen LogP contribution in [0.4, 0.5) is 5.69 Å². The minimum atomic E-state index is 0.409. The van der Waals surface area contributed by atoms with Gasteiger partial charge in [-0.3, -0.25) is 4.98 Å². The highest BCUT2D eigenvalue weighted by Crippen LogP contribution is 2.11. The summed E-state index contributed by atoms with van der Waals surface area (Å²) in [6.45, 7) is 0.991. The SMILES string of the molecule is CNC(Cc1cnccc1N)CN(C)C. The van der Waals surface area contributed by atoms with E-state index < -0.39 is 0 Å². The van der Waals surface area contributed by atoms with Crippen LogP contribution in [0, 0.1) is 0 Å². The largest absolute Gasteiger partial charge is 0.398 e. The summed E-state index contributed by atoms with van der Waals surface area (Å²) in [5.74, 6) is 0. The molecule has 4 nitrogen and oxygen atoms in total. The van der Waals surface area contributed by atoms with Gasteiger partial charge in [-0.2, -0.15) is 0 Å². The fourth-order valence-corrected chi connectivity index (χ4v) is 1.57. The Labute approximate surface area is 91.5 Å². The van der Waals surface area contributed by atoms with Gasteiger partial charge in [0.15, 0.2) is 0 Å². The first-order valence-electron chi connectivity index (χ1n) is 5.14. The third-order valence-corrected chi connectivity index (χ3v) is 2.40. The van der Waals surface area contributed by atoms with E-state index in [1.54, 1.807) is 6.20 Å². The molecule has 0 saturated heterocycles. The van der Waals surface area contributed by atoms with Gasteiger partial charge in [-0.25, -0.2) is 0 Å². The van der Waals surface area contributed by atoms with E-state index in [0.717, 1.165) is 24.2 Å². The number of aromatic nitrogens is 1. The molecule has 1 unspecified atom stereocenters. The predicted molar refractivity (Wildman–Crippen MR) is 63.8 cm³/mol. The molecule has 84 valence electrons. The number of pyridine rings is 1. The molecule has 0 aromatic carbocycles. The lowest BCUT2D eigenvalue weighted by Gasteiger charge is -2.20. The number of nitrogens with one attached hydrogen (secondary N) is 1. The van der Waals surface area contributed by atoms with Crippen LogP contribution in [0.5, 0.6) is 0 Å². The van der Waals surface area contributed by atoms with Crippen molar-refractivity contribution in [2.24, 2.45) is 0 Å². The van der Waals surface area contributed by atoms with E-state index in [9.17, 15) is 0 Å². The molecule has 1 aromatic rings. The molecule has 0 radical (unpaired) electrons. The van der Waals surface area contributed by atoms with Gasteiger partial charge in [0.1, 0.15) is 0 Å². The quantitative estimate of drug-likeness (QED) is 0.733. The first-order valence-corrected chi connectivity index (χ1v) is 5.14. The molecule has 4 heteroatoms. The summed E-state index contributed by atoms with van der Waals surface area (Å²) in [5, 5.41) is 3.28. The van der Waals surface area contributed by atoms with Gasteiger partial charge in [-0.15, -0.1) is 0 Å². The Kier molecular flexibility index (Phi) is 4.52. The van der Waals surface area contributed by atoms with Crippen LogP contribution in [0.15, 0.2) is 18.5 Å². The molecule has 0 bridgehead atoms. The minimum Gasteiger partial charge on any atom is -0.398 e. The zero-order chi connectivity index (χ0) is 11.3. The van der Waals surface area contributed by atoms with E-state index >= 15 is 0 Å². The van der Waals surface area contributed by atoms with Gasteiger partial charge in [0.05, 0.1) is 0 Å². The predicted octanol–water partition coefficient (Wildman–Crippen LogP) is 0.356. The standard InChI is InChI=1S/C11H20N4/c1-13-10(8-15(2)3)6-9-7-14-5-4-11(9)12/h4-5,7,10,13H,6,8H2,1-3H3,(H2,12,14). The van der Waals surface area contributed by atoms with Crippen molar-refractivity contribution in [2.75, 3.05) is 33.4 Å². The topological polar surface area (TPSA) is 54.2 Å². The van der Waals surface area contributed by atoms with Crippen LogP contribution in [0.1, 0.15) is 5.56 Å². The van der Waals surface area contributed by atoms with Crippen LogP contribution in [-0.2, 0) is 6.42 Å². The Morgan fingerprint density at radius 1 is 1.53 bits per heavy atom. The third-order valence-electron chi connectivity index (χ3n) is 2.40. The first-order chi connectivity index (χ1) is 7.13. The lowest BCUT2D eigenvalue weighted by molar-refractivity contribution is 0.346. The number of likely N-dealkylation sites (N-methyl/N-ethyl adjacent to an activating group) is 2. The molecular formula is C11H20N4. The first kappa shape index (κ1) is 11.9. The molecule has 3 N–H and O–H groups in total. The van der Waals surface area contributed by atoms with Gasteiger partial charge >= 0.3 is 0 Å². The summed E-state index contributed by atoms with van der Waals surface area (Å²) in [4.78, 5) is 6.25. The molecule has 0 aliphatic rings. The Hall–Kier alpha value is -1.13. The maximum Gasteiger partial charge on any atom is 0.0378 e. The maximum absolute atomic E-state index is 5.87. The zero-order valence-electron chi connectivity index (χ0n) is 9.70. The molecule has 0 aliphatic heterocycles. The maximum atomic E-state index is 5.87. The molecule has 15 heavy (non-hydrogen) atoms. The summed E-state index contributed by atoms with van der Waals surface area (Å²) in [5.41, 5.74) is 7.81. The summed E-state index contributed by atoms with van der Waals surface area (Å²) in [7, 11) is 6.11. The lowest BCUT2D eigenvalue weighted by atomic mass is 10.1. The van der Waals surface area contributed by atoms with E-state index in [1.807, 2.05) is 19.3 Å². The Morgan fingerprint density at radius 2 is 2.27 bits per heavy atom. The highest BCUT2D eigenvalue weighted by Gasteiger charge is 2.10. The van der Waals surface area contributed by atoms with Crippen molar-refractivity contribution in [3.05, 3.63) is 24.0 Å². The van der Waals surface area contributed by atoms with Crippen LogP contribution in [0.25, 0.3) is 0 Å². The molecule has 1 rings (SSSR count). The van der Waals surface area contributed by atoms with Gasteiger partial charge in [-0.1, -0.05) is 0 Å². The van der Waals surface area contributed by atoms with Crippen molar-refractivity contribution >= 4 is 5.69 Å². The summed E-state index contributed by atoms with van der Waals surface area (Å²) < 4.78 is 0. The van der Waals surface area contributed by atoms with Gasteiger partial charge in [-0.05, 0) is 39.2 Å². The second-order valence-corrected chi connectivity index (χ2v) is 4.03. The number of nitrogens with zero attached hydrogens (tertiary/aromatic N) is 2. The van der Waals surface area contributed by atoms with Crippen molar-refractivity contribution in [1.82, 2.24) is 15.2 Å². The van der Waals surface area contributed by atoms with E-state index in [4.69, 9.17) is 5.73 Å². The number of rotatable bonds is 5. The van der Waals surface area contributed by atoms with Crippen molar-refractivity contribution < 1.29 is 0 Å². The van der Waals surface area contributed by atoms with Crippen LogP contribution in [0.2, 0.25) is 0 Å². The van der Waals surface area contributed by atoms with E-state index in [0.29, 0.717) is 6.04 Å². The lowest BCUT2D eigenvalue weighted by Crippen LogP contribution is -2.37. The monoisotopic (exact) mass is 208 g/mol. The normalized spacial score (nSPS) is 13.1. The number of anilines is 1. The molecule has 1 atom stereocenters. The molecule has 0 spiro atoms. The smallest absolute Gasteiger partial charge is 0.0378 e. The second kappa shape index (κ2) is 5.68. The zero-order valence-corrected chi connectivity index (χ0v) is 9.70.